The molecule has 0 heterocycles. The monoisotopic (exact) mass is 204 g/mol. The largest absolute Gasteiger partial charge is 0.496 e. The predicted molar refractivity (Wildman–Crippen MR) is 60.0 cm³/mol. The van der Waals surface area contributed by atoms with Crippen molar-refractivity contribution in [1.29, 1.82) is 0 Å². The molecule has 1 aliphatic rings. The van der Waals surface area contributed by atoms with E-state index in [4.69, 9.17) is 4.74 Å². The normalized spacial score (nSPS) is 24.4. The van der Waals surface area contributed by atoms with Gasteiger partial charge in [-0.2, -0.15) is 0 Å². The first kappa shape index (κ1) is 10.2. The number of rotatable bonds is 2. The van der Waals surface area contributed by atoms with Gasteiger partial charge >= 0.3 is 0 Å². The van der Waals surface area contributed by atoms with Crippen molar-refractivity contribution in [1.82, 2.24) is 0 Å². The van der Waals surface area contributed by atoms with Crippen LogP contribution in [0.25, 0.3) is 0 Å². The van der Waals surface area contributed by atoms with E-state index < -0.39 is 5.60 Å². The highest BCUT2D eigenvalue weighted by molar-refractivity contribution is 5.46. The van der Waals surface area contributed by atoms with E-state index in [1.165, 1.54) is 0 Å². The topological polar surface area (TPSA) is 29.5 Å². The minimum absolute atomic E-state index is 0.747. The zero-order chi connectivity index (χ0) is 10.9. The van der Waals surface area contributed by atoms with E-state index >= 15 is 0 Å². The molecule has 0 radical (unpaired) electrons. The Morgan fingerprint density at radius 1 is 1.53 bits per heavy atom. The fourth-order valence-electron chi connectivity index (χ4n) is 2.30. The smallest absolute Gasteiger partial charge is 0.122 e. The molecule has 0 aromatic heterocycles. The van der Waals surface area contributed by atoms with Gasteiger partial charge in [0.05, 0.1) is 7.11 Å². The summed E-state index contributed by atoms with van der Waals surface area (Å²) in [6, 6.07) is 5.81. The molecule has 80 valence electrons. The van der Waals surface area contributed by atoms with Crippen molar-refractivity contribution >= 4 is 0 Å². The second-order valence-electron chi connectivity index (χ2n) is 3.97. The summed E-state index contributed by atoms with van der Waals surface area (Å²) in [7, 11) is 1.66. The van der Waals surface area contributed by atoms with Gasteiger partial charge in [-0.05, 0) is 30.9 Å². The molecule has 0 spiro atoms. The third-order valence-corrected chi connectivity index (χ3v) is 3.14. The summed E-state index contributed by atoms with van der Waals surface area (Å²) < 4.78 is 5.31. The number of methoxy groups -OCH3 is 1. The molecule has 0 aliphatic heterocycles. The molecule has 1 atom stereocenters. The van der Waals surface area contributed by atoms with Gasteiger partial charge in [0.2, 0.25) is 0 Å². The summed E-state index contributed by atoms with van der Waals surface area (Å²) in [6.45, 7) is 3.72. The van der Waals surface area contributed by atoms with Crippen LogP contribution in [0.3, 0.4) is 0 Å². The number of fused-ring (bicyclic) bond motifs is 1. The molecule has 0 saturated heterocycles. The molecule has 1 aliphatic carbocycles. The van der Waals surface area contributed by atoms with E-state index in [2.05, 4.69) is 6.58 Å². The Balaban J connectivity index is 2.58. The van der Waals surface area contributed by atoms with Crippen molar-refractivity contribution in [3.8, 4) is 5.75 Å². The second-order valence-corrected chi connectivity index (χ2v) is 3.97. The Bertz CT molecular complexity index is 384. The first-order chi connectivity index (χ1) is 7.21. The first-order valence-corrected chi connectivity index (χ1v) is 5.23. The third kappa shape index (κ3) is 1.55. The fourth-order valence-corrected chi connectivity index (χ4v) is 2.30. The molecule has 1 unspecified atom stereocenters. The lowest BCUT2D eigenvalue weighted by Crippen LogP contribution is -2.28. The SMILES string of the molecule is C=CC1(O)CCCc2c(OC)cccc21. The van der Waals surface area contributed by atoms with Crippen molar-refractivity contribution < 1.29 is 9.84 Å². The Hall–Kier alpha value is -1.28. The van der Waals surface area contributed by atoms with Gasteiger partial charge in [-0.15, -0.1) is 0 Å². The van der Waals surface area contributed by atoms with Crippen LogP contribution in [0.2, 0.25) is 0 Å². The van der Waals surface area contributed by atoms with E-state index in [9.17, 15) is 5.11 Å². The van der Waals surface area contributed by atoms with Crippen molar-refractivity contribution in [2.75, 3.05) is 7.11 Å². The summed E-state index contributed by atoms with van der Waals surface area (Å²) in [4.78, 5) is 0. The molecule has 2 heteroatoms. The molecule has 0 amide bonds. The lowest BCUT2D eigenvalue weighted by molar-refractivity contribution is 0.0698. The highest BCUT2D eigenvalue weighted by Gasteiger charge is 2.32. The van der Waals surface area contributed by atoms with Crippen LogP contribution in [0.5, 0.6) is 5.75 Å². The molecule has 0 saturated carbocycles. The average Bonchev–Trinajstić information content (AvgIpc) is 2.29. The van der Waals surface area contributed by atoms with Crippen LogP contribution in [-0.2, 0) is 12.0 Å². The Kier molecular flexibility index (Phi) is 2.53. The third-order valence-electron chi connectivity index (χ3n) is 3.14. The summed E-state index contributed by atoms with van der Waals surface area (Å²) in [5, 5.41) is 10.4. The molecule has 15 heavy (non-hydrogen) atoms. The number of hydrogen-bond acceptors (Lipinski definition) is 2. The zero-order valence-corrected chi connectivity index (χ0v) is 8.99. The lowest BCUT2D eigenvalue weighted by atomic mass is 9.79. The molecule has 2 rings (SSSR count). The zero-order valence-electron chi connectivity index (χ0n) is 8.99. The van der Waals surface area contributed by atoms with E-state index in [0.717, 1.165) is 36.1 Å². The van der Waals surface area contributed by atoms with Gasteiger partial charge in [0.1, 0.15) is 11.4 Å². The Morgan fingerprint density at radius 2 is 2.33 bits per heavy atom. The Labute approximate surface area is 90.2 Å². The molecule has 1 aromatic rings. The predicted octanol–water partition coefficient (Wildman–Crippen LogP) is 2.41. The number of aliphatic hydroxyl groups is 1. The molecule has 0 fully saturated rings. The van der Waals surface area contributed by atoms with Gasteiger partial charge in [-0.3, -0.25) is 0 Å². The maximum atomic E-state index is 10.4. The van der Waals surface area contributed by atoms with E-state index in [1.807, 2.05) is 18.2 Å². The van der Waals surface area contributed by atoms with E-state index in [1.54, 1.807) is 13.2 Å². The molecule has 2 nitrogen and oxygen atoms in total. The van der Waals surface area contributed by atoms with Crippen LogP contribution >= 0.6 is 0 Å². The van der Waals surface area contributed by atoms with Crippen LogP contribution in [0.1, 0.15) is 24.0 Å². The second kappa shape index (κ2) is 3.70. The summed E-state index contributed by atoms with van der Waals surface area (Å²) in [5.41, 5.74) is 1.19. The van der Waals surface area contributed by atoms with Crippen molar-refractivity contribution in [3.05, 3.63) is 42.0 Å². The maximum absolute atomic E-state index is 10.4. The van der Waals surface area contributed by atoms with Gasteiger partial charge in [-0.25, -0.2) is 0 Å². The van der Waals surface area contributed by atoms with Gasteiger partial charge in [0.25, 0.3) is 0 Å². The van der Waals surface area contributed by atoms with E-state index in [0.29, 0.717) is 0 Å². The molecule has 0 bridgehead atoms. The molecular weight excluding hydrogens is 188 g/mol. The fraction of sp³-hybridized carbons (Fsp3) is 0.385. The first-order valence-electron chi connectivity index (χ1n) is 5.23. The van der Waals surface area contributed by atoms with Crippen LogP contribution in [0.4, 0.5) is 0 Å². The van der Waals surface area contributed by atoms with Crippen molar-refractivity contribution in [3.63, 3.8) is 0 Å². The van der Waals surface area contributed by atoms with Crippen LogP contribution in [0.15, 0.2) is 30.9 Å². The van der Waals surface area contributed by atoms with Crippen molar-refractivity contribution in [2.45, 2.75) is 24.9 Å². The van der Waals surface area contributed by atoms with Gasteiger partial charge in [-0.1, -0.05) is 24.8 Å². The van der Waals surface area contributed by atoms with Gasteiger partial charge < -0.3 is 9.84 Å². The number of ether oxygens (including phenoxy) is 1. The van der Waals surface area contributed by atoms with Crippen LogP contribution in [0, 0.1) is 0 Å². The summed E-state index contributed by atoms with van der Waals surface area (Å²) in [5.74, 6) is 0.868. The minimum Gasteiger partial charge on any atom is -0.496 e. The Morgan fingerprint density at radius 3 is 3.00 bits per heavy atom. The van der Waals surface area contributed by atoms with Crippen molar-refractivity contribution in [2.24, 2.45) is 0 Å². The maximum Gasteiger partial charge on any atom is 0.122 e. The summed E-state index contributed by atoms with van der Waals surface area (Å²) >= 11 is 0. The van der Waals surface area contributed by atoms with E-state index in [-0.39, 0.29) is 0 Å². The van der Waals surface area contributed by atoms with Gasteiger partial charge in [0.15, 0.2) is 0 Å². The number of benzene rings is 1. The lowest BCUT2D eigenvalue weighted by Gasteiger charge is -2.32. The standard InChI is InChI=1S/C13H16O2/c1-3-13(14)9-5-6-10-11(13)7-4-8-12(10)15-2/h3-4,7-8,14H,1,5-6,9H2,2H3. The average molecular weight is 204 g/mol. The van der Waals surface area contributed by atoms with Crippen LogP contribution in [-0.4, -0.2) is 12.2 Å². The summed E-state index contributed by atoms with van der Waals surface area (Å²) in [6.07, 6.45) is 4.31. The molecular formula is C13H16O2. The highest BCUT2D eigenvalue weighted by Crippen LogP contribution is 2.39. The quantitative estimate of drug-likeness (QED) is 0.750. The van der Waals surface area contributed by atoms with Gasteiger partial charge in [0, 0.05) is 5.56 Å². The molecule has 1 N–H and O–H groups in total. The molecule has 1 aromatic carbocycles. The number of hydrogen-bond donors (Lipinski definition) is 1. The highest BCUT2D eigenvalue weighted by atomic mass is 16.5. The van der Waals surface area contributed by atoms with Crippen LogP contribution < -0.4 is 4.74 Å². The minimum atomic E-state index is -0.873.